The second kappa shape index (κ2) is 8.68. The van der Waals surface area contributed by atoms with E-state index in [1.54, 1.807) is 18.2 Å². The Balaban J connectivity index is 1.96. The van der Waals surface area contributed by atoms with E-state index >= 15 is 0 Å². The van der Waals surface area contributed by atoms with Crippen molar-refractivity contribution in [3.8, 4) is 11.5 Å². The lowest BCUT2D eigenvalue weighted by Gasteiger charge is -2.12. The zero-order valence-electron chi connectivity index (χ0n) is 13.9. The SMILES string of the molecule is COC(=O)c1cc(NCCOc2ccc(F)cc2)ccc1OC(C)=O. The van der Waals surface area contributed by atoms with Crippen LogP contribution < -0.4 is 14.8 Å². The fourth-order valence-corrected chi connectivity index (χ4v) is 2.05. The minimum atomic E-state index is -0.609. The van der Waals surface area contributed by atoms with Crippen molar-refractivity contribution in [3.05, 3.63) is 53.8 Å². The van der Waals surface area contributed by atoms with Crippen LogP contribution >= 0.6 is 0 Å². The van der Waals surface area contributed by atoms with E-state index in [0.717, 1.165) is 0 Å². The fourth-order valence-electron chi connectivity index (χ4n) is 2.05. The Kier molecular flexibility index (Phi) is 6.33. The predicted molar refractivity (Wildman–Crippen MR) is 89.5 cm³/mol. The molecule has 0 atom stereocenters. The molecule has 1 N–H and O–H groups in total. The maximum absolute atomic E-state index is 12.8. The third-order valence-corrected chi connectivity index (χ3v) is 3.15. The third kappa shape index (κ3) is 5.49. The molecule has 0 aromatic heterocycles. The molecule has 0 amide bonds. The number of carbonyl (C=O) groups is 2. The van der Waals surface area contributed by atoms with Gasteiger partial charge in [-0.2, -0.15) is 0 Å². The van der Waals surface area contributed by atoms with E-state index in [1.807, 2.05) is 0 Å². The summed E-state index contributed by atoms with van der Waals surface area (Å²) in [6.45, 7) is 2.04. The van der Waals surface area contributed by atoms with Gasteiger partial charge < -0.3 is 19.5 Å². The van der Waals surface area contributed by atoms with E-state index in [-0.39, 0.29) is 17.1 Å². The van der Waals surface area contributed by atoms with Crippen LogP contribution in [0.5, 0.6) is 11.5 Å². The van der Waals surface area contributed by atoms with Crippen molar-refractivity contribution in [3.63, 3.8) is 0 Å². The van der Waals surface area contributed by atoms with Gasteiger partial charge >= 0.3 is 11.9 Å². The quantitative estimate of drug-likeness (QED) is 0.471. The largest absolute Gasteiger partial charge is 0.492 e. The van der Waals surface area contributed by atoms with Crippen LogP contribution in [0.3, 0.4) is 0 Å². The van der Waals surface area contributed by atoms with Gasteiger partial charge in [0.05, 0.1) is 7.11 Å². The molecule has 2 rings (SSSR count). The number of halogens is 1. The summed E-state index contributed by atoms with van der Waals surface area (Å²) in [5, 5.41) is 3.08. The number of hydrogen-bond donors (Lipinski definition) is 1. The van der Waals surface area contributed by atoms with E-state index in [4.69, 9.17) is 14.2 Å². The Morgan fingerprint density at radius 3 is 2.48 bits per heavy atom. The number of ether oxygens (including phenoxy) is 3. The number of carbonyl (C=O) groups excluding carboxylic acids is 2. The highest BCUT2D eigenvalue weighted by molar-refractivity contribution is 5.94. The van der Waals surface area contributed by atoms with Gasteiger partial charge in [-0.1, -0.05) is 0 Å². The average Bonchev–Trinajstić information content (AvgIpc) is 2.60. The summed E-state index contributed by atoms with van der Waals surface area (Å²) in [6, 6.07) is 10.4. The smallest absolute Gasteiger partial charge is 0.341 e. The van der Waals surface area contributed by atoms with E-state index in [2.05, 4.69) is 5.32 Å². The molecule has 0 spiro atoms. The molecule has 0 fully saturated rings. The standard InChI is InChI=1S/C18H18FNO5/c1-12(21)25-17-8-5-14(11-16(17)18(22)23-2)20-9-10-24-15-6-3-13(19)4-7-15/h3-8,11,20H,9-10H2,1-2H3. The van der Waals surface area contributed by atoms with Crippen molar-refractivity contribution in [2.24, 2.45) is 0 Å². The average molecular weight is 347 g/mol. The van der Waals surface area contributed by atoms with Crippen LogP contribution in [-0.4, -0.2) is 32.2 Å². The number of esters is 2. The van der Waals surface area contributed by atoms with Gasteiger partial charge in [0.1, 0.15) is 29.5 Å². The minimum Gasteiger partial charge on any atom is -0.492 e. The van der Waals surface area contributed by atoms with Crippen molar-refractivity contribution in [1.29, 1.82) is 0 Å². The number of anilines is 1. The van der Waals surface area contributed by atoms with Crippen molar-refractivity contribution in [2.75, 3.05) is 25.6 Å². The maximum atomic E-state index is 12.8. The highest BCUT2D eigenvalue weighted by Crippen LogP contribution is 2.24. The molecule has 0 saturated carbocycles. The second-order valence-corrected chi connectivity index (χ2v) is 5.03. The van der Waals surface area contributed by atoms with Gasteiger partial charge in [-0.25, -0.2) is 9.18 Å². The molecular formula is C18H18FNO5. The first kappa shape index (κ1) is 18.3. The zero-order valence-corrected chi connectivity index (χ0v) is 13.9. The molecule has 0 aliphatic carbocycles. The maximum Gasteiger partial charge on any atom is 0.341 e. The van der Waals surface area contributed by atoms with E-state index < -0.39 is 11.9 Å². The van der Waals surface area contributed by atoms with Gasteiger partial charge in [0.25, 0.3) is 0 Å². The van der Waals surface area contributed by atoms with Crippen LogP contribution in [0.2, 0.25) is 0 Å². The van der Waals surface area contributed by atoms with Gasteiger partial charge in [-0.05, 0) is 42.5 Å². The summed E-state index contributed by atoms with van der Waals surface area (Å²) in [4.78, 5) is 22.9. The highest BCUT2D eigenvalue weighted by atomic mass is 19.1. The van der Waals surface area contributed by atoms with E-state index in [0.29, 0.717) is 24.6 Å². The van der Waals surface area contributed by atoms with E-state index in [9.17, 15) is 14.0 Å². The van der Waals surface area contributed by atoms with Gasteiger partial charge in [0.15, 0.2) is 0 Å². The Morgan fingerprint density at radius 1 is 1.12 bits per heavy atom. The second-order valence-electron chi connectivity index (χ2n) is 5.03. The lowest BCUT2D eigenvalue weighted by molar-refractivity contribution is -0.131. The topological polar surface area (TPSA) is 73.9 Å². The Morgan fingerprint density at radius 2 is 1.84 bits per heavy atom. The van der Waals surface area contributed by atoms with Crippen LogP contribution in [0.1, 0.15) is 17.3 Å². The first-order valence-electron chi connectivity index (χ1n) is 7.52. The molecule has 2 aromatic carbocycles. The van der Waals surface area contributed by atoms with Crippen LogP contribution in [0.25, 0.3) is 0 Å². The van der Waals surface area contributed by atoms with Crippen molar-refractivity contribution < 1.29 is 28.2 Å². The molecule has 7 heteroatoms. The van der Waals surface area contributed by atoms with Crippen molar-refractivity contribution in [1.82, 2.24) is 0 Å². The molecule has 25 heavy (non-hydrogen) atoms. The predicted octanol–water partition coefficient (Wildman–Crippen LogP) is 3.03. The Labute approximate surface area is 144 Å². The molecule has 132 valence electrons. The van der Waals surface area contributed by atoms with Gasteiger partial charge in [-0.15, -0.1) is 0 Å². The fraction of sp³-hybridized carbons (Fsp3) is 0.222. The molecule has 0 saturated heterocycles. The number of benzene rings is 2. The van der Waals surface area contributed by atoms with Crippen LogP contribution in [0.15, 0.2) is 42.5 Å². The molecule has 6 nitrogen and oxygen atoms in total. The first-order chi connectivity index (χ1) is 12.0. The Bertz CT molecular complexity index is 746. The molecule has 0 radical (unpaired) electrons. The molecule has 2 aromatic rings. The molecule has 0 aliphatic heterocycles. The lowest BCUT2D eigenvalue weighted by atomic mass is 10.1. The summed E-state index contributed by atoms with van der Waals surface area (Å²) < 4.78 is 28.0. The minimum absolute atomic E-state index is 0.132. The molecule has 0 heterocycles. The van der Waals surface area contributed by atoms with Crippen LogP contribution in [-0.2, 0) is 9.53 Å². The highest BCUT2D eigenvalue weighted by Gasteiger charge is 2.15. The summed E-state index contributed by atoms with van der Waals surface area (Å²) in [5.74, 6) is -0.772. The normalized spacial score (nSPS) is 10.0. The zero-order chi connectivity index (χ0) is 18.2. The monoisotopic (exact) mass is 347 g/mol. The molecule has 0 bridgehead atoms. The molecule has 0 aliphatic rings. The summed E-state index contributed by atoms with van der Waals surface area (Å²) in [6.07, 6.45) is 0. The summed E-state index contributed by atoms with van der Waals surface area (Å²) in [7, 11) is 1.25. The molecule has 0 unspecified atom stereocenters. The number of nitrogens with one attached hydrogen (secondary N) is 1. The van der Waals surface area contributed by atoms with Crippen molar-refractivity contribution >= 4 is 17.6 Å². The van der Waals surface area contributed by atoms with Crippen LogP contribution in [0, 0.1) is 5.82 Å². The number of methoxy groups -OCH3 is 1. The van der Waals surface area contributed by atoms with Gasteiger partial charge in [0, 0.05) is 19.2 Å². The Hall–Kier alpha value is -3.09. The lowest BCUT2D eigenvalue weighted by Crippen LogP contribution is -2.13. The summed E-state index contributed by atoms with van der Waals surface area (Å²) in [5.41, 5.74) is 0.779. The molecular weight excluding hydrogens is 329 g/mol. The first-order valence-corrected chi connectivity index (χ1v) is 7.52. The third-order valence-electron chi connectivity index (χ3n) is 3.15. The van der Waals surface area contributed by atoms with Gasteiger partial charge in [-0.3, -0.25) is 4.79 Å². The van der Waals surface area contributed by atoms with E-state index in [1.165, 1.54) is 38.3 Å². The van der Waals surface area contributed by atoms with Gasteiger partial charge in [0.2, 0.25) is 0 Å². The van der Waals surface area contributed by atoms with Crippen LogP contribution in [0.4, 0.5) is 10.1 Å². The summed E-state index contributed by atoms with van der Waals surface area (Å²) >= 11 is 0. The van der Waals surface area contributed by atoms with Crippen molar-refractivity contribution in [2.45, 2.75) is 6.92 Å². The number of hydrogen-bond acceptors (Lipinski definition) is 6. The number of rotatable bonds is 7.